The van der Waals surface area contributed by atoms with Crippen molar-refractivity contribution in [1.29, 1.82) is 0 Å². The molecule has 0 saturated heterocycles. The summed E-state index contributed by atoms with van der Waals surface area (Å²) < 4.78 is 41.4. The van der Waals surface area contributed by atoms with Crippen LogP contribution in [0.4, 0.5) is 0 Å². The fourth-order valence-electron chi connectivity index (χ4n) is 2.42. The van der Waals surface area contributed by atoms with Gasteiger partial charge in [-0.05, 0) is 30.2 Å². The molecule has 1 amide bonds. The molecule has 26 heavy (non-hydrogen) atoms. The van der Waals surface area contributed by atoms with E-state index in [4.69, 9.17) is 4.42 Å². The first-order valence-corrected chi connectivity index (χ1v) is 10.1. The van der Waals surface area contributed by atoms with Crippen molar-refractivity contribution in [1.82, 2.24) is 18.8 Å². The molecule has 2 heterocycles. The van der Waals surface area contributed by atoms with Crippen LogP contribution in [0.25, 0.3) is 11.0 Å². The predicted molar refractivity (Wildman–Crippen MR) is 96.9 cm³/mol. The smallest absolute Gasteiger partial charge is 0.243 e. The standard InChI is InChI=1S/C16H18N4O4S2/c1-10(2)14(16(21)17-9-11-5-4-8-24-11)20-26(22,23)13-7-3-6-12-15(13)19-25-18-12/h3-8,10,14,20H,9H2,1-2H3,(H,17,21)/t14-/m1/s1. The van der Waals surface area contributed by atoms with Crippen molar-refractivity contribution >= 4 is 38.7 Å². The average Bonchev–Trinajstić information content (AvgIpc) is 3.28. The molecule has 0 aliphatic carbocycles. The summed E-state index contributed by atoms with van der Waals surface area (Å²) in [6.45, 7) is 3.72. The Morgan fingerprint density at radius 3 is 2.73 bits per heavy atom. The molecule has 0 aliphatic rings. The summed E-state index contributed by atoms with van der Waals surface area (Å²) in [6.07, 6.45) is 1.51. The van der Waals surface area contributed by atoms with Gasteiger partial charge in [0.2, 0.25) is 15.9 Å². The van der Waals surface area contributed by atoms with E-state index in [1.807, 2.05) is 0 Å². The first kappa shape index (κ1) is 18.5. The first-order chi connectivity index (χ1) is 12.4. The minimum absolute atomic E-state index is 0.00762. The monoisotopic (exact) mass is 394 g/mol. The fourth-order valence-corrected chi connectivity index (χ4v) is 4.53. The summed E-state index contributed by atoms with van der Waals surface area (Å²) in [5.41, 5.74) is 0.796. The molecule has 0 radical (unpaired) electrons. The van der Waals surface area contributed by atoms with Gasteiger partial charge in [0, 0.05) is 0 Å². The predicted octanol–water partition coefficient (Wildman–Crippen LogP) is 1.90. The molecular weight excluding hydrogens is 376 g/mol. The van der Waals surface area contributed by atoms with Crippen LogP contribution in [0.1, 0.15) is 19.6 Å². The first-order valence-electron chi connectivity index (χ1n) is 7.92. The van der Waals surface area contributed by atoms with Gasteiger partial charge in [-0.1, -0.05) is 19.9 Å². The zero-order chi connectivity index (χ0) is 18.7. The van der Waals surface area contributed by atoms with E-state index in [0.717, 1.165) is 11.7 Å². The minimum atomic E-state index is -3.95. The summed E-state index contributed by atoms with van der Waals surface area (Å²) in [6, 6.07) is 7.24. The zero-order valence-electron chi connectivity index (χ0n) is 14.2. The van der Waals surface area contributed by atoms with Crippen molar-refractivity contribution in [2.24, 2.45) is 5.92 Å². The molecule has 0 saturated carbocycles. The molecule has 3 aromatic rings. The lowest BCUT2D eigenvalue weighted by Gasteiger charge is -2.21. The molecule has 0 aliphatic heterocycles. The van der Waals surface area contributed by atoms with E-state index in [-0.39, 0.29) is 17.4 Å². The van der Waals surface area contributed by atoms with E-state index in [2.05, 4.69) is 18.8 Å². The number of rotatable bonds is 7. The van der Waals surface area contributed by atoms with Crippen LogP contribution in [-0.4, -0.2) is 29.1 Å². The lowest BCUT2D eigenvalue weighted by Crippen LogP contribution is -2.49. The number of nitrogens with zero attached hydrogens (tertiary/aromatic N) is 2. The average molecular weight is 394 g/mol. The second kappa shape index (κ2) is 7.52. The molecule has 1 atom stereocenters. The van der Waals surface area contributed by atoms with E-state index in [0.29, 0.717) is 16.8 Å². The molecule has 0 unspecified atom stereocenters. The van der Waals surface area contributed by atoms with Gasteiger partial charge < -0.3 is 9.73 Å². The molecule has 1 aromatic carbocycles. The van der Waals surface area contributed by atoms with Gasteiger partial charge in [0.05, 0.1) is 24.5 Å². The van der Waals surface area contributed by atoms with Crippen LogP contribution in [0.2, 0.25) is 0 Å². The van der Waals surface area contributed by atoms with Gasteiger partial charge in [0.1, 0.15) is 27.7 Å². The summed E-state index contributed by atoms with van der Waals surface area (Å²) in [5.74, 6) is -0.0975. The summed E-state index contributed by atoms with van der Waals surface area (Å²) in [5, 5.41) is 2.69. The molecule has 10 heteroatoms. The summed E-state index contributed by atoms with van der Waals surface area (Å²) >= 11 is 0.939. The maximum Gasteiger partial charge on any atom is 0.243 e. The number of hydrogen-bond acceptors (Lipinski definition) is 7. The Balaban J connectivity index is 1.80. The van der Waals surface area contributed by atoms with Gasteiger partial charge in [-0.15, -0.1) is 0 Å². The topological polar surface area (TPSA) is 114 Å². The molecule has 2 N–H and O–H groups in total. The van der Waals surface area contributed by atoms with Crippen LogP contribution in [0.3, 0.4) is 0 Å². The van der Waals surface area contributed by atoms with E-state index in [1.165, 1.54) is 12.3 Å². The van der Waals surface area contributed by atoms with Gasteiger partial charge in [-0.2, -0.15) is 13.5 Å². The third kappa shape index (κ3) is 3.92. The highest BCUT2D eigenvalue weighted by Crippen LogP contribution is 2.21. The maximum absolute atomic E-state index is 12.8. The van der Waals surface area contributed by atoms with Crippen LogP contribution in [-0.2, 0) is 21.4 Å². The number of sulfonamides is 1. The van der Waals surface area contributed by atoms with Crippen LogP contribution >= 0.6 is 11.7 Å². The highest BCUT2D eigenvalue weighted by Gasteiger charge is 2.30. The van der Waals surface area contributed by atoms with Crippen LogP contribution < -0.4 is 10.0 Å². The van der Waals surface area contributed by atoms with Crippen molar-refractivity contribution in [3.63, 3.8) is 0 Å². The van der Waals surface area contributed by atoms with E-state index < -0.39 is 22.0 Å². The number of aromatic nitrogens is 2. The van der Waals surface area contributed by atoms with E-state index in [1.54, 1.807) is 38.1 Å². The number of fused-ring (bicyclic) bond motifs is 1. The molecular formula is C16H18N4O4S2. The van der Waals surface area contributed by atoms with E-state index >= 15 is 0 Å². The van der Waals surface area contributed by atoms with Crippen LogP contribution in [0, 0.1) is 5.92 Å². The van der Waals surface area contributed by atoms with Gasteiger partial charge in [0.15, 0.2) is 0 Å². The Bertz CT molecular complexity index is 996. The minimum Gasteiger partial charge on any atom is -0.467 e. The lowest BCUT2D eigenvalue weighted by molar-refractivity contribution is -0.123. The molecule has 8 nitrogen and oxygen atoms in total. The number of hydrogen-bond donors (Lipinski definition) is 2. The molecule has 3 rings (SSSR count). The van der Waals surface area contributed by atoms with Gasteiger partial charge >= 0.3 is 0 Å². The molecule has 0 bridgehead atoms. The molecule has 2 aromatic heterocycles. The van der Waals surface area contributed by atoms with E-state index in [9.17, 15) is 13.2 Å². The Hall–Kier alpha value is -2.30. The Morgan fingerprint density at radius 1 is 1.23 bits per heavy atom. The fraction of sp³-hybridized carbons (Fsp3) is 0.312. The quantitative estimate of drug-likeness (QED) is 0.633. The Kier molecular flexibility index (Phi) is 5.35. The number of nitrogens with one attached hydrogen (secondary N) is 2. The Morgan fingerprint density at radius 2 is 2.04 bits per heavy atom. The second-order valence-electron chi connectivity index (χ2n) is 6.03. The number of carbonyl (C=O) groups is 1. The maximum atomic E-state index is 12.8. The highest BCUT2D eigenvalue weighted by atomic mass is 32.2. The largest absolute Gasteiger partial charge is 0.467 e. The third-order valence-electron chi connectivity index (χ3n) is 3.79. The summed E-state index contributed by atoms with van der Waals surface area (Å²) in [7, 11) is -3.95. The number of amides is 1. The molecule has 0 fully saturated rings. The van der Waals surface area contributed by atoms with Gasteiger partial charge in [-0.25, -0.2) is 8.42 Å². The zero-order valence-corrected chi connectivity index (χ0v) is 15.8. The van der Waals surface area contributed by atoms with Gasteiger partial charge in [-0.3, -0.25) is 4.79 Å². The van der Waals surface area contributed by atoms with Crippen molar-refractivity contribution in [2.45, 2.75) is 31.3 Å². The van der Waals surface area contributed by atoms with Crippen molar-refractivity contribution in [3.05, 3.63) is 42.4 Å². The Labute approximate surface area is 155 Å². The van der Waals surface area contributed by atoms with Crippen molar-refractivity contribution in [3.8, 4) is 0 Å². The normalized spacial score (nSPS) is 13.2. The highest BCUT2D eigenvalue weighted by molar-refractivity contribution is 7.89. The number of furan rings is 1. The van der Waals surface area contributed by atoms with Crippen LogP contribution in [0.5, 0.6) is 0 Å². The summed E-state index contributed by atoms with van der Waals surface area (Å²) in [4.78, 5) is 12.5. The lowest BCUT2D eigenvalue weighted by atomic mass is 10.1. The number of carbonyl (C=O) groups excluding carboxylic acids is 1. The van der Waals surface area contributed by atoms with Crippen molar-refractivity contribution in [2.75, 3.05) is 0 Å². The van der Waals surface area contributed by atoms with Crippen LogP contribution in [0.15, 0.2) is 45.9 Å². The molecule has 138 valence electrons. The van der Waals surface area contributed by atoms with Gasteiger partial charge in [0.25, 0.3) is 0 Å². The third-order valence-corrected chi connectivity index (χ3v) is 5.80. The molecule has 0 spiro atoms. The SMILES string of the molecule is CC(C)[C@@H](NS(=O)(=O)c1cccc2nsnc12)C(=O)NCc1ccco1. The van der Waals surface area contributed by atoms with Crippen molar-refractivity contribution < 1.29 is 17.6 Å². The number of benzene rings is 1. The second-order valence-corrected chi connectivity index (χ2v) is 8.24.